The summed E-state index contributed by atoms with van der Waals surface area (Å²) in [7, 11) is 0. The molecule has 1 fully saturated rings. The molecule has 32 heavy (non-hydrogen) atoms. The lowest BCUT2D eigenvalue weighted by molar-refractivity contribution is 0.0161. The van der Waals surface area contributed by atoms with Crippen LogP contribution in [0.1, 0.15) is 22.2 Å². The number of carbonyl (C=O) groups is 1. The molecular formula is C24H22FN3O3S. The van der Waals surface area contributed by atoms with Gasteiger partial charge < -0.3 is 14.5 Å². The molecule has 1 unspecified atom stereocenters. The Kier molecular flexibility index (Phi) is 5.98. The lowest BCUT2D eigenvalue weighted by Crippen LogP contribution is -2.43. The number of aromatic nitrogens is 1. The second-order valence-corrected chi connectivity index (χ2v) is 8.61. The van der Waals surface area contributed by atoms with Crippen LogP contribution in [0, 0.1) is 5.82 Å². The lowest BCUT2D eigenvalue weighted by atomic mass is 10.0. The van der Waals surface area contributed by atoms with Gasteiger partial charge in [0.15, 0.2) is 16.5 Å². The van der Waals surface area contributed by atoms with Crippen LogP contribution < -0.4 is 5.32 Å². The number of furan rings is 1. The fourth-order valence-corrected chi connectivity index (χ4v) is 4.79. The van der Waals surface area contributed by atoms with E-state index in [0.29, 0.717) is 25.5 Å². The van der Waals surface area contributed by atoms with E-state index in [9.17, 15) is 9.18 Å². The van der Waals surface area contributed by atoms with Gasteiger partial charge in [-0.3, -0.25) is 9.69 Å². The summed E-state index contributed by atoms with van der Waals surface area (Å²) >= 11 is 1.53. The van der Waals surface area contributed by atoms with Crippen LogP contribution in [0.15, 0.2) is 65.1 Å². The highest BCUT2D eigenvalue weighted by molar-refractivity contribution is 7.21. The molecule has 1 N–H and O–H groups in total. The van der Waals surface area contributed by atoms with Crippen molar-refractivity contribution in [3.63, 3.8) is 0 Å². The maximum absolute atomic E-state index is 13.4. The first-order chi connectivity index (χ1) is 15.7. The lowest BCUT2D eigenvalue weighted by Gasteiger charge is -2.34. The van der Waals surface area contributed by atoms with E-state index in [1.807, 2.05) is 24.3 Å². The largest absolute Gasteiger partial charge is 0.448 e. The average Bonchev–Trinajstić information content (AvgIpc) is 3.48. The molecule has 0 radical (unpaired) electrons. The summed E-state index contributed by atoms with van der Waals surface area (Å²) < 4.78 is 25.8. The normalized spacial score (nSPS) is 15.7. The molecule has 4 aromatic rings. The van der Waals surface area contributed by atoms with Gasteiger partial charge in [0.25, 0.3) is 5.91 Å². The first kappa shape index (κ1) is 20.8. The Labute approximate surface area is 188 Å². The number of hydrogen-bond donors (Lipinski definition) is 1. The molecule has 0 saturated carbocycles. The minimum Gasteiger partial charge on any atom is -0.448 e. The number of amides is 1. The maximum atomic E-state index is 13.4. The summed E-state index contributed by atoms with van der Waals surface area (Å²) in [6.45, 7) is 3.15. The van der Waals surface area contributed by atoms with Gasteiger partial charge in [0.05, 0.1) is 29.5 Å². The predicted molar refractivity (Wildman–Crippen MR) is 121 cm³/mol. The number of fused-ring (bicyclic) bond motifs is 1. The summed E-state index contributed by atoms with van der Waals surface area (Å²) in [5.74, 6) is 0.230. The van der Waals surface area contributed by atoms with Gasteiger partial charge in [-0.1, -0.05) is 24.3 Å². The number of ether oxygens (including phenoxy) is 1. The van der Waals surface area contributed by atoms with E-state index < -0.39 is 0 Å². The Morgan fingerprint density at radius 2 is 1.88 bits per heavy atom. The molecule has 2 aromatic heterocycles. The third-order valence-corrected chi connectivity index (χ3v) is 6.58. The molecule has 0 spiro atoms. The van der Waals surface area contributed by atoms with E-state index in [1.165, 1.54) is 23.5 Å². The number of rotatable bonds is 6. The van der Waals surface area contributed by atoms with Gasteiger partial charge >= 0.3 is 0 Å². The quantitative estimate of drug-likeness (QED) is 0.468. The van der Waals surface area contributed by atoms with Gasteiger partial charge in [-0.15, -0.1) is 11.3 Å². The van der Waals surface area contributed by atoms with Crippen molar-refractivity contribution in [2.24, 2.45) is 0 Å². The van der Waals surface area contributed by atoms with Crippen LogP contribution in [0.4, 0.5) is 4.39 Å². The Morgan fingerprint density at radius 1 is 1.09 bits per heavy atom. The number of hydrogen-bond acceptors (Lipinski definition) is 6. The molecule has 1 aliphatic heterocycles. The van der Waals surface area contributed by atoms with Crippen LogP contribution in [0.3, 0.4) is 0 Å². The zero-order valence-corrected chi connectivity index (χ0v) is 18.1. The number of nitrogens with zero attached hydrogens (tertiary/aromatic N) is 2. The number of carbonyl (C=O) groups excluding carboxylic acids is 1. The predicted octanol–water partition coefficient (Wildman–Crippen LogP) is 4.50. The molecule has 5 rings (SSSR count). The number of morpholine rings is 1. The van der Waals surface area contributed by atoms with E-state index in [-0.39, 0.29) is 23.5 Å². The Bertz CT molecular complexity index is 1180. The summed E-state index contributed by atoms with van der Waals surface area (Å²) in [5.41, 5.74) is 1.85. The molecule has 1 amide bonds. The zero-order chi connectivity index (χ0) is 21.9. The highest BCUT2D eigenvalue weighted by Crippen LogP contribution is 2.31. The fraction of sp³-hybridized carbons (Fsp3) is 0.250. The van der Waals surface area contributed by atoms with Gasteiger partial charge in [0, 0.05) is 19.6 Å². The van der Waals surface area contributed by atoms with Crippen molar-refractivity contribution in [1.29, 1.82) is 0 Å². The van der Waals surface area contributed by atoms with Crippen molar-refractivity contribution in [3.05, 3.63) is 77.8 Å². The first-order valence-electron chi connectivity index (χ1n) is 10.5. The topological polar surface area (TPSA) is 67.6 Å². The molecule has 2 aromatic carbocycles. The van der Waals surface area contributed by atoms with E-state index in [2.05, 4.69) is 15.2 Å². The second kappa shape index (κ2) is 9.20. The van der Waals surface area contributed by atoms with E-state index in [4.69, 9.17) is 9.15 Å². The number of nitrogens with one attached hydrogen (secondary N) is 1. The highest BCUT2D eigenvalue weighted by Gasteiger charge is 2.24. The summed E-state index contributed by atoms with van der Waals surface area (Å²) in [6, 6.07) is 17.6. The minimum absolute atomic E-state index is 0.0813. The average molecular weight is 452 g/mol. The van der Waals surface area contributed by atoms with Crippen LogP contribution in [-0.4, -0.2) is 48.6 Å². The molecule has 6 nitrogen and oxygen atoms in total. The van der Waals surface area contributed by atoms with E-state index >= 15 is 0 Å². The molecule has 1 aliphatic rings. The summed E-state index contributed by atoms with van der Waals surface area (Å²) in [5, 5.41) is 3.71. The molecular weight excluding hydrogens is 429 g/mol. The molecule has 1 atom stereocenters. The first-order valence-corrected chi connectivity index (χ1v) is 11.3. The Hall–Kier alpha value is -3.07. The molecule has 1 saturated heterocycles. The number of thiazole rings is 1. The molecule has 0 aliphatic carbocycles. The number of halogens is 1. The summed E-state index contributed by atoms with van der Waals surface area (Å²) in [6.07, 6.45) is 0. The smallest absolute Gasteiger partial charge is 0.287 e. The third-order valence-electron chi connectivity index (χ3n) is 5.53. The van der Waals surface area contributed by atoms with Gasteiger partial charge in [-0.05, 0) is 42.0 Å². The molecule has 0 bridgehead atoms. The van der Waals surface area contributed by atoms with Crippen molar-refractivity contribution in [3.8, 4) is 10.8 Å². The van der Waals surface area contributed by atoms with Crippen LogP contribution in [0.25, 0.3) is 21.0 Å². The second-order valence-electron chi connectivity index (χ2n) is 7.58. The van der Waals surface area contributed by atoms with Gasteiger partial charge in [0.1, 0.15) is 5.82 Å². The molecule has 164 valence electrons. The van der Waals surface area contributed by atoms with E-state index in [0.717, 1.165) is 33.9 Å². The van der Waals surface area contributed by atoms with Crippen LogP contribution in [-0.2, 0) is 4.74 Å². The van der Waals surface area contributed by atoms with Crippen LogP contribution >= 0.6 is 11.3 Å². The zero-order valence-electron chi connectivity index (χ0n) is 17.3. The van der Waals surface area contributed by atoms with Crippen molar-refractivity contribution >= 4 is 27.5 Å². The number of para-hydroxylation sites is 1. The van der Waals surface area contributed by atoms with Crippen molar-refractivity contribution < 1.29 is 18.3 Å². The standard InChI is InChI=1S/C24H22FN3O3S/c25-17-7-5-16(6-8-17)19(28-11-13-30-14-12-28)15-26-23(29)20-9-10-21(31-20)24-27-18-3-1-2-4-22(18)32-24/h1-10,19H,11-15H2,(H,26,29). The van der Waals surface area contributed by atoms with Gasteiger partial charge in [0.2, 0.25) is 0 Å². The van der Waals surface area contributed by atoms with Crippen molar-refractivity contribution in [2.45, 2.75) is 6.04 Å². The van der Waals surface area contributed by atoms with Gasteiger partial charge in [-0.25, -0.2) is 9.37 Å². The Balaban J connectivity index is 1.30. The van der Waals surface area contributed by atoms with Crippen LogP contribution in [0.2, 0.25) is 0 Å². The fourth-order valence-electron chi connectivity index (χ4n) is 3.86. The molecule has 3 heterocycles. The van der Waals surface area contributed by atoms with Gasteiger partial charge in [-0.2, -0.15) is 0 Å². The monoisotopic (exact) mass is 451 g/mol. The minimum atomic E-state index is -0.294. The third kappa shape index (κ3) is 4.43. The molecule has 8 heteroatoms. The van der Waals surface area contributed by atoms with Crippen molar-refractivity contribution in [2.75, 3.05) is 32.8 Å². The van der Waals surface area contributed by atoms with Crippen LogP contribution in [0.5, 0.6) is 0 Å². The van der Waals surface area contributed by atoms with E-state index in [1.54, 1.807) is 24.3 Å². The summed E-state index contributed by atoms with van der Waals surface area (Å²) in [4.78, 5) is 19.6. The SMILES string of the molecule is O=C(NCC(c1ccc(F)cc1)N1CCOCC1)c1ccc(-c2nc3ccccc3s2)o1. The maximum Gasteiger partial charge on any atom is 0.287 e. The highest BCUT2D eigenvalue weighted by atomic mass is 32.1. The number of benzene rings is 2. The van der Waals surface area contributed by atoms with Crippen molar-refractivity contribution in [1.82, 2.24) is 15.2 Å². The Morgan fingerprint density at radius 3 is 2.66 bits per heavy atom.